The van der Waals surface area contributed by atoms with Gasteiger partial charge in [0.05, 0.1) is 27.7 Å². The molecule has 10 heteroatoms. The molecule has 0 radical (unpaired) electrons. The van der Waals surface area contributed by atoms with Crippen molar-refractivity contribution in [3.8, 4) is 0 Å². The van der Waals surface area contributed by atoms with E-state index in [1.165, 1.54) is 96.3 Å². The van der Waals surface area contributed by atoms with Crippen LogP contribution in [0, 0.1) is 0 Å². The molecule has 0 aromatic carbocycles. The number of nitrogens with zero attached hydrogens (tertiary/aromatic N) is 1. The minimum atomic E-state index is -4.40. The summed E-state index contributed by atoms with van der Waals surface area (Å²) >= 11 is 0. The van der Waals surface area contributed by atoms with Gasteiger partial charge in [-0.3, -0.25) is 18.6 Å². The summed E-state index contributed by atoms with van der Waals surface area (Å²) in [4.78, 5) is 35.8. The standard InChI is InChI=1S/C74H124NO8P/c1-6-8-10-12-14-16-18-20-22-24-26-28-29-30-31-32-33-34-35-36-37-38-39-40-41-42-43-44-45-47-49-51-53-55-57-59-61-63-65-67-74(77)83-72(71-82-84(78,79)81-69-68-75(3,4)5)70-80-73(76)66-64-62-60-58-56-54-52-50-48-46-27-25-23-21-19-17-15-13-11-9-7-2/h8-11,14-17,20-23,26-28,30-31,33-34,36-37,39-40,46,72H,6-7,12-13,18-19,24-25,29,32,35,38,41-45,47-71H2,1-5H3/p+1/b10-8-,11-9-,16-14-,17-15-,22-20-,23-21-,28-26-,31-30-,34-33-,37-36-,40-39-,46-27-. The first-order chi connectivity index (χ1) is 41.0. The third-order valence-corrected chi connectivity index (χ3v) is 14.8. The Kier molecular flexibility index (Phi) is 60.3. The van der Waals surface area contributed by atoms with Crippen molar-refractivity contribution in [2.45, 2.75) is 264 Å². The molecule has 1 N–H and O–H groups in total. The third-order valence-electron chi connectivity index (χ3n) is 13.9. The Morgan fingerprint density at radius 3 is 0.952 bits per heavy atom. The van der Waals surface area contributed by atoms with Gasteiger partial charge >= 0.3 is 19.8 Å². The predicted octanol–water partition coefficient (Wildman–Crippen LogP) is 21.8. The zero-order chi connectivity index (χ0) is 61.2. The Labute approximate surface area is 516 Å². The van der Waals surface area contributed by atoms with Crippen LogP contribution in [-0.4, -0.2) is 74.9 Å². The molecule has 478 valence electrons. The van der Waals surface area contributed by atoms with E-state index in [1.54, 1.807) is 0 Å². The number of rotatable bonds is 60. The first kappa shape index (κ1) is 79.9. The van der Waals surface area contributed by atoms with Crippen LogP contribution < -0.4 is 0 Å². The van der Waals surface area contributed by atoms with E-state index < -0.39 is 26.5 Å². The van der Waals surface area contributed by atoms with Crippen LogP contribution in [0.4, 0.5) is 0 Å². The van der Waals surface area contributed by atoms with Crippen LogP contribution in [0.5, 0.6) is 0 Å². The molecule has 0 aromatic heterocycles. The maximum atomic E-state index is 12.9. The van der Waals surface area contributed by atoms with Crippen LogP contribution in [-0.2, 0) is 32.7 Å². The topological polar surface area (TPSA) is 108 Å². The van der Waals surface area contributed by atoms with Gasteiger partial charge in [0.1, 0.15) is 19.8 Å². The second-order valence-corrected chi connectivity index (χ2v) is 24.5. The molecule has 0 saturated carbocycles. The summed E-state index contributed by atoms with van der Waals surface area (Å²) in [6.45, 7) is 4.20. The van der Waals surface area contributed by atoms with Gasteiger partial charge < -0.3 is 18.9 Å². The quantitative estimate of drug-likeness (QED) is 0.0211. The summed E-state index contributed by atoms with van der Waals surface area (Å²) in [6.07, 6.45) is 93.7. The number of phosphoric ester groups is 1. The van der Waals surface area contributed by atoms with Crippen molar-refractivity contribution in [1.29, 1.82) is 0 Å². The number of carbonyl (C=O) groups is 2. The molecule has 0 heterocycles. The number of likely N-dealkylation sites (N-methyl/N-ethyl adjacent to an activating group) is 1. The molecule has 0 aliphatic carbocycles. The lowest BCUT2D eigenvalue weighted by Crippen LogP contribution is -2.37. The van der Waals surface area contributed by atoms with E-state index in [0.29, 0.717) is 17.4 Å². The summed E-state index contributed by atoms with van der Waals surface area (Å²) in [7, 11) is 1.46. The van der Waals surface area contributed by atoms with E-state index in [-0.39, 0.29) is 32.0 Å². The van der Waals surface area contributed by atoms with Crippen molar-refractivity contribution in [2.24, 2.45) is 0 Å². The number of phosphoric acid groups is 1. The van der Waals surface area contributed by atoms with Gasteiger partial charge in [-0.15, -0.1) is 0 Å². The van der Waals surface area contributed by atoms with Gasteiger partial charge in [-0.25, -0.2) is 4.57 Å². The fourth-order valence-electron chi connectivity index (χ4n) is 8.79. The van der Waals surface area contributed by atoms with E-state index in [2.05, 4.69) is 160 Å². The van der Waals surface area contributed by atoms with Crippen LogP contribution in [0.25, 0.3) is 0 Å². The highest BCUT2D eigenvalue weighted by molar-refractivity contribution is 7.47. The predicted molar refractivity (Wildman–Crippen MR) is 362 cm³/mol. The first-order valence-corrected chi connectivity index (χ1v) is 35.1. The van der Waals surface area contributed by atoms with E-state index in [9.17, 15) is 19.0 Å². The fraction of sp³-hybridized carbons (Fsp3) is 0.649. The largest absolute Gasteiger partial charge is 0.472 e. The van der Waals surface area contributed by atoms with Crippen molar-refractivity contribution in [1.82, 2.24) is 0 Å². The molecule has 0 fully saturated rings. The van der Waals surface area contributed by atoms with Gasteiger partial charge in [-0.05, 0) is 116 Å². The zero-order valence-electron chi connectivity index (χ0n) is 54.3. The van der Waals surface area contributed by atoms with Gasteiger partial charge in [-0.2, -0.15) is 0 Å². The normalized spacial score (nSPS) is 14.1. The Hall–Kier alpha value is -4.11. The zero-order valence-corrected chi connectivity index (χ0v) is 55.2. The number of carbonyl (C=O) groups excluding carboxylic acids is 2. The highest BCUT2D eigenvalue weighted by atomic mass is 31.2. The SMILES string of the molecule is CC/C=C\C/C=C\C/C=C\C/C=C\C/C=C\C/C=C\C/C=C\C/C=C\CCCCCCCCCCCCCCCCC(=O)OC(COC(=O)CCCCCCCCCC/C=C\C/C=C\C/C=C\C/C=C\CC)COP(=O)(O)OCC[N+](C)(C)C. The summed E-state index contributed by atoms with van der Waals surface area (Å²) in [5.74, 6) is -0.811. The van der Waals surface area contributed by atoms with E-state index in [4.69, 9.17) is 18.5 Å². The van der Waals surface area contributed by atoms with Crippen LogP contribution in [0.2, 0.25) is 0 Å². The van der Waals surface area contributed by atoms with E-state index in [0.717, 1.165) is 128 Å². The summed E-state index contributed by atoms with van der Waals surface area (Å²) in [5.41, 5.74) is 0. The molecule has 0 saturated heterocycles. The molecule has 84 heavy (non-hydrogen) atoms. The molecule has 0 amide bonds. The number of hydrogen-bond acceptors (Lipinski definition) is 7. The molecule has 9 nitrogen and oxygen atoms in total. The number of esters is 2. The van der Waals surface area contributed by atoms with Gasteiger partial charge in [0.2, 0.25) is 0 Å². The molecule has 2 unspecified atom stereocenters. The number of unbranched alkanes of at least 4 members (excludes halogenated alkanes) is 22. The van der Waals surface area contributed by atoms with Gasteiger partial charge in [0.25, 0.3) is 0 Å². The van der Waals surface area contributed by atoms with Gasteiger partial charge in [0.15, 0.2) is 6.10 Å². The number of allylic oxidation sites excluding steroid dienone is 24. The average Bonchev–Trinajstić information content (AvgIpc) is 3.61. The highest BCUT2D eigenvalue weighted by Crippen LogP contribution is 2.43. The van der Waals surface area contributed by atoms with Crippen molar-refractivity contribution >= 4 is 19.8 Å². The number of hydrogen-bond donors (Lipinski definition) is 1. The van der Waals surface area contributed by atoms with E-state index in [1.807, 2.05) is 21.1 Å². The highest BCUT2D eigenvalue weighted by Gasteiger charge is 2.27. The molecular weight excluding hydrogens is 1060 g/mol. The lowest BCUT2D eigenvalue weighted by atomic mass is 10.0. The van der Waals surface area contributed by atoms with Crippen molar-refractivity contribution in [3.05, 3.63) is 146 Å². The Bertz CT molecular complexity index is 1930. The minimum Gasteiger partial charge on any atom is -0.462 e. The van der Waals surface area contributed by atoms with Gasteiger partial charge in [-0.1, -0.05) is 275 Å². The number of ether oxygens (including phenoxy) is 2. The second-order valence-electron chi connectivity index (χ2n) is 23.1. The van der Waals surface area contributed by atoms with Crippen LogP contribution >= 0.6 is 7.82 Å². The maximum Gasteiger partial charge on any atom is 0.472 e. The average molecular weight is 1190 g/mol. The molecule has 0 aliphatic rings. The Balaban J connectivity index is 4.07. The maximum absolute atomic E-state index is 12.9. The molecule has 0 rings (SSSR count). The molecule has 0 spiro atoms. The van der Waals surface area contributed by atoms with E-state index >= 15 is 0 Å². The fourth-order valence-corrected chi connectivity index (χ4v) is 9.53. The lowest BCUT2D eigenvalue weighted by molar-refractivity contribution is -0.870. The Morgan fingerprint density at radius 2 is 0.643 bits per heavy atom. The minimum absolute atomic E-state index is 0.0240. The monoisotopic (exact) mass is 1190 g/mol. The first-order valence-electron chi connectivity index (χ1n) is 33.6. The van der Waals surface area contributed by atoms with Crippen LogP contribution in [0.1, 0.15) is 258 Å². The smallest absolute Gasteiger partial charge is 0.462 e. The van der Waals surface area contributed by atoms with Crippen molar-refractivity contribution < 1.29 is 42.1 Å². The molecule has 2 atom stereocenters. The molecule has 0 bridgehead atoms. The molecule has 0 aliphatic heterocycles. The summed E-state index contributed by atoms with van der Waals surface area (Å²) < 4.78 is 34.7. The number of quaternary nitrogens is 1. The summed E-state index contributed by atoms with van der Waals surface area (Å²) in [6, 6.07) is 0. The summed E-state index contributed by atoms with van der Waals surface area (Å²) in [5, 5.41) is 0. The second kappa shape index (κ2) is 63.4. The lowest BCUT2D eigenvalue weighted by Gasteiger charge is -2.24. The third kappa shape index (κ3) is 67.0. The van der Waals surface area contributed by atoms with Crippen molar-refractivity contribution in [2.75, 3.05) is 47.5 Å². The van der Waals surface area contributed by atoms with Gasteiger partial charge in [0, 0.05) is 12.8 Å². The Morgan fingerprint density at radius 1 is 0.369 bits per heavy atom. The van der Waals surface area contributed by atoms with Crippen LogP contribution in [0.15, 0.2) is 146 Å². The molecule has 0 aromatic rings. The van der Waals surface area contributed by atoms with Crippen molar-refractivity contribution in [3.63, 3.8) is 0 Å². The molecular formula is C74H125NO8P+. The van der Waals surface area contributed by atoms with Crippen LogP contribution in [0.3, 0.4) is 0 Å².